The average Bonchev–Trinajstić information content (AvgIpc) is 2.36. The van der Waals surface area contributed by atoms with Crippen molar-refractivity contribution in [3.05, 3.63) is 22.7 Å². The van der Waals surface area contributed by atoms with Crippen molar-refractivity contribution in [1.29, 1.82) is 0 Å². The van der Waals surface area contributed by atoms with Crippen molar-refractivity contribution < 1.29 is 9.53 Å². The number of rotatable bonds is 4. The van der Waals surface area contributed by atoms with Gasteiger partial charge in [0.1, 0.15) is 0 Å². The van der Waals surface area contributed by atoms with Crippen LogP contribution in [0, 0.1) is 5.92 Å². The molecule has 6 heteroatoms. The van der Waals surface area contributed by atoms with Gasteiger partial charge in [-0.15, -0.1) is 0 Å². The molecule has 1 unspecified atom stereocenters. The van der Waals surface area contributed by atoms with Gasteiger partial charge in [-0.3, -0.25) is 9.59 Å². The van der Waals surface area contributed by atoms with Crippen LogP contribution < -0.4 is 10.5 Å². The van der Waals surface area contributed by atoms with E-state index in [1.54, 1.807) is 35.8 Å². The Morgan fingerprint density at radius 2 is 2.10 bits per heavy atom. The van der Waals surface area contributed by atoms with E-state index >= 15 is 0 Å². The number of aromatic nitrogens is 2. The van der Waals surface area contributed by atoms with E-state index in [9.17, 15) is 9.59 Å². The summed E-state index contributed by atoms with van der Waals surface area (Å²) in [5, 5.41) is 0. The normalized spacial score (nSPS) is 12.9. The lowest BCUT2D eigenvalue weighted by molar-refractivity contribution is -0.144. The highest BCUT2D eigenvalue weighted by molar-refractivity contribution is 5.72. The molecule has 0 aliphatic heterocycles. The first kappa shape index (κ1) is 16.2. The molecule has 0 aliphatic rings. The number of hydrogen-bond donors (Lipinski definition) is 0. The van der Waals surface area contributed by atoms with Crippen LogP contribution in [0.1, 0.15) is 27.7 Å². The molecule has 0 bridgehead atoms. The zero-order chi connectivity index (χ0) is 15.5. The fraction of sp³-hybridized carbons (Fsp3) is 0.643. The molecule has 1 aromatic heterocycles. The lowest BCUT2D eigenvalue weighted by atomic mass is 10.1. The highest BCUT2D eigenvalue weighted by Gasteiger charge is 2.21. The molecule has 6 nitrogen and oxygen atoms in total. The molecule has 0 N–H and O–H groups in total. The van der Waals surface area contributed by atoms with E-state index in [0.717, 1.165) is 0 Å². The van der Waals surface area contributed by atoms with Crippen molar-refractivity contribution in [2.24, 2.45) is 5.92 Å². The van der Waals surface area contributed by atoms with Crippen molar-refractivity contribution in [3.63, 3.8) is 0 Å². The molecule has 0 amide bonds. The Labute approximate surface area is 119 Å². The van der Waals surface area contributed by atoms with Gasteiger partial charge in [0.05, 0.1) is 13.0 Å². The number of nitrogens with zero attached hydrogens (tertiary/aromatic N) is 3. The Morgan fingerprint density at radius 3 is 2.60 bits per heavy atom. The number of ether oxygens (including phenoxy) is 1. The van der Waals surface area contributed by atoms with Crippen LogP contribution in [0.3, 0.4) is 0 Å². The summed E-state index contributed by atoms with van der Waals surface area (Å²) in [6.45, 7) is 8.00. The Balaban J connectivity index is 3.03. The SMILES string of the molecule is COC(=O)C(C)CN(C)c1nccn(C(C)(C)C)c1=O. The second kappa shape index (κ2) is 6.07. The Hall–Kier alpha value is -1.85. The molecular weight excluding hydrogens is 258 g/mol. The summed E-state index contributed by atoms with van der Waals surface area (Å²) in [6, 6.07) is 0. The minimum absolute atomic E-state index is 0.167. The quantitative estimate of drug-likeness (QED) is 0.777. The third kappa shape index (κ3) is 3.59. The smallest absolute Gasteiger partial charge is 0.310 e. The van der Waals surface area contributed by atoms with E-state index in [4.69, 9.17) is 0 Å². The van der Waals surface area contributed by atoms with Gasteiger partial charge in [-0.05, 0) is 20.8 Å². The molecule has 0 saturated heterocycles. The fourth-order valence-electron chi connectivity index (χ4n) is 1.96. The third-order valence-electron chi connectivity index (χ3n) is 3.06. The summed E-state index contributed by atoms with van der Waals surface area (Å²) < 4.78 is 6.32. The molecule has 0 radical (unpaired) electrons. The van der Waals surface area contributed by atoms with Crippen LogP contribution in [0.15, 0.2) is 17.2 Å². The zero-order valence-electron chi connectivity index (χ0n) is 13.0. The van der Waals surface area contributed by atoms with E-state index in [-0.39, 0.29) is 23.0 Å². The largest absolute Gasteiger partial charge is 0.469 e. The van der Waals surface area contributed by atoms with E-state index in [1.807, 2.05) is 20.8 Å². The minimum atomic E-state index is -0.325. The predicted octanol–water partition coefficient (Wildman–Crippen LogP) is 1.24. The molecule has 0 saturated carbocycles. The van der Waals surface area contributed by atoms with Crippen molar-refractivity contribution >= 4 is 11.8 Å². The van der Waals surface area contributed by atoms with Crippen LogP contribution in [0.25, 0.3) is 0 Å². The summed E-state index contributed by atoms with van der Waals surface area (Å²) in [5.74, 6) is -0.295. The molecule has 0 spiro atoms. The summed E-state index contributed by atoms with van der Waals surface area (Å²) >= 11 is 0. The number of esters is 1. The number of carbonyl (C=O) groups is 1. The number of methoxy groups -OCH3 is 1. The monoisotopic (exact) mass is 281 g/mol. The summed E-state index contributed by atoms with van der Waals surface area (Å²) in [6.07, 6.45) is 3.27. The molecule has 1 atom stereocenters. The van der Waals surface area contributed by atoms with Crippen molar-refractivity contribution in [1.82, 2.24) is 9.55 Å². The molecule has 0 fully saturated rings. The van der Waals surface area contributed by atoms with Crippen LogP contribution >= 0.6 is 0 Å². The molecule has 0 aliphatic carbocycles. The maximum atomic E-state index is 12.4. The molecule has 1 rings (SSSR count). The Bertz CT molecular complexity index is 531. The van der Waals surface area contributed by atoms with Gasteiger partial charge in [0.15, 0.2) is 5.82 Å². The van der Waals surface area contributed by atoms with Gasteiger partial charge in [0.2, 0.25) is 0 Å². The van der Waals surface area contributed by atoms with Crippen LogP contribution in [0.4, 0.5) is 5.82 Å². The third-order valence-corrected chi connectivity index (χ3v) is 3.06. The molecule has 0 aromatic carbocycles. The van der Waals surface area contributed by atoms with Crippen LogP contribution in [-0.4, -0.2) is 36.2 Å². The maximum Gasteiger partial charge on any atom is 0.310 e. The highest BCUT2D eigenvalue weighted by Crippen LogP contribution is 2.12. The Kier molecular flexibility index (Phi) is 4.92. The lowest BCUT2D eigenvalue weighted by Crippen LogP contribution is -2.39. The molecule has 20 heavy (non-hydrogen) atoms. The van der Waals surface area contributed by atoms with Gasteiger partial charge in [-0.1, -0.05) is 6.92 Å². The summed E-state index contributed by atoms with van der Waals surface area (Å²) in [7, 11) is 3.10. The minimum Gasteiger partial charge on any atom is -0.469 e. The standard InChI is InChI=1S/C14H23N3O3/c1-10(13(19)20-6)9-16(5)11-12(18)17(8-7-15-11)14(2,3)4/h7-8,10H,9H2,1-6H3. The van der Waals surface area contributed by atoms with Gasteiger partial charge in [0.25, 0.3) is 5.56 Å². The molecular formula is C14H23N3O3. The van der Waals surface area contributed by atoms with Crippen molar-refractivity contribution in [2.75, 3.05) is 25.6 Å². The van der Waals surface area contributed by atoms with Crippen LogP contribution in [0.5, 0.6) is 0 Å². The Morgan fingerprint density at radius 1 is 1.50 bits per heavy atom. The van der Waals surface area contributed by atoms with E-state index < -0.39 is 0 Å². The van der Waals surface area contributed by atoms with E-state index in [1.165, 1.54) is 7.11 Å². The van der Waals surface area contributed by atoms with Crippen LogP contribution in [0.2, 0.25) is 0 Å². The van der Waals surface area contributed by atoms with Crippen molar-refractivity contribution in [2.45, 2.75) is 33.2 Å². The second-order valence-corrected chi connectivity index (χ2v) is 5.90. The summed E-state index contributed by atoms with van der Waals surface area (Å²) in [4.78, 5) is 29.7. The number of anilines is 1. The average molecular weight is 281 g/mol. The lowest BCUT2D eigenvalue weighted by Gasteiger charge is -2.25. The molecule has 1 heterocycles. The second-order valence-electron chi connectivity index (χ2n) is 5.90. The van der Waals surface area contributed by atoms with Gasteiger partial charge >= 0.3 is 5.97 Å². The molecule has 112 valence electrons. The van der Waals surface area contributed by atoms with E-state index in [2.05, 4.69) is 9.72 Å². The van der Waals surface area contributed by atoms with E-state index in [0.29, 0.717) is 12.4 Å². The zero-order valence-corrected chi connectivity index (χ0v) is 13.0. The fourth-order valence-corrected chi connectivity index (χ4v) is 1.96. The predicted molar refractivity (Wildman–Crippen MR) is 77.9 cm³/mol. The van der Waals surface area contributed by atoms with Gasteiger partial charge in [-0.25, -0.2) is 4.98 Å². The summed E-state index contributed by atoms with van der Waals surface area (Å²) in [5.41, 5.74) is -0.483. The highest BCUT2D eigenvalue weighted by atomic mass is 16.5. The van der Waals surface area contributed by atoms with Crippen LogP contribution in [-0.2, 0) is 15.1 Å². The maximum absolute atomic E-state index is 12.4. The first-order chi connectivity index (χ1) is 9.18. The van der Waals surface area contributed by atoms with Gasteiger partial charge in [-0.2, -0.15) is 0 Å². The van der Waals surface area contributed by atoms with Gasteiger partial charge < -0.3 is 14.2 Å². The van der Waals surface area contributed by atoms with Gasteiger partial charge in [0, 0.05) is 31.5 Å². The first-order valence-electron chi connectivity index (χ1n) is 6.55. The first-order valence-corrected chi connectivity index (χ1v) is 6.55. The number of hydrogen-bond acceptors (Lipinski definition) is 5. The topological polar surface area (TPSA) is 64.4 Å². The van der Waals surface area contributed by atoms with Crippen molar-refractivity contribution in [3.8, 4) is 0 Å². The number of carbonyl (C=O) groups excluding carboxylic acids is 1. The molecule has 1 aromatic rings.